The average molecular weight is 801 g/mol. The minimum atomic E-state index is -3.01. The molecule has 4 aromatic carbocycles. The van der Waals surface area contributed by atoms with Crippen molar-refractivity contribution >= 4 is 29.8 Å². The van der Waals surface area contributed by atoms with Gasteiger partial charge >= 0.3 is 29.8 Å². The Morgan fingerprint density at radius 1 is 0.421 bits per heavy atom. The highest BCUT2D eigenvalue weighted by Gasteiger charge is 2.58. The van der Waals surface area contributed by atoms with Crippen LogP contribution in [0.2, 0.25) is 0 Å². The Balaban J connectivity index is 1.65. The van der Waals surface area contributed by atoms with E-state index in [1.165, 1.54) is 0 Å². The lowest BCUT2D eigenvalue weighted by molar-refractivity contribution is -0.189. The Hall–Kier alpha value is -8.17. The van der Waals surface area contributed by atoms with Gasteiger partial charge in [-0.05, 0) is 48.5 Å². The van der Waals surface area contributed by atoms with E-state index in [1.807, 2.05) is 0 Å². The number of ether oxygens (including phenoxy) is 4. The summed E-state index contributed by atoms with van der Waals surface area (Å²) in [5.74, 6) is -21.1. The Bertz CT molecular complexity index is 2160. The molecule has 0 aliphatic heterocycles. The maximum absolute atomic E-state index is 13.5. The molecule has 300 valence electrons. The van der Waals surface area contributed by atoms with E-state index in [9.17, 15) is 90.4 Å². The minimum Gasteiger partial charge on any atom is -0.504 e. The summed E-state index contributed by atoms with van der Waals surface area (Å²) in [4.78, 5) is 66.8. The summed E-state index contributed by atoms with van der Waals surface area (Å²) < 4.78 is 21.6. The maximum Gasteiger partial charge on any atom is 0.348 e. The van der Waals surface area contributed by atoms with Gasteiger partial charge in [0.2, 0.25) is 5.60 Å². The SMILES string of the molecule is O=C(OC1[C@@H](OC(=O)c2cc(O)c(O)c(O)c2)CC(OC(=O)c2cc(O)c(O)c(O)c2)(C(=O)O)C[C@H]1OC(=O)c1cc(O)c(O)c(O)c1)c1cc(O)c(O)c(O)c1. The number of phenols is 12. The van der Waals surface area contributed by atoms with Gasteiger partial charge in [-0.1, -0.05) is 0 Å². The average Bonchev–Trinajstić information content (AvgIpc) is 3.14. The summed E-state index contributed by atoms with van der Waals surface area (Å²) in [6, 6.07) is 4.64. The van der Waals surface area contributed by atoms with E-state index in [0.29, 0.717) is 48.5 Å². The van der Waals surface area contributed by atoms with Gasteiger partial charge in [0.05, 0.1) is 22.3 Å². The molecule has 1 saturated carbocycles. The summed E-state index contributed by atoms with van der Waals surface area (Å²) in [5, 5.41) is 129. The number of hydrogen-bond acceptors (Lipinski definition) is 21. The summed E-state index contributed by atoms with van der Waals surface area (Å²) >= 11 is 0. The second-order valence-corrected chi connectivity index (χ2v) is 12.3. The molecule has 0 radical (unpaired) electrons. The molecule has 0 heterocycles. The standard InChI is InChI=1S/C35H28O22/c36-15-1-11(2-16(37)25(15)44)30(48)54-23-9-35(34(52)53,57-33(51)14-7-21(42)28(47)22(43)8-14)10-24(55-31(49)12-3-17(38)26(45)18(39)4-12)29(23)56-32(50)13-5-19(40)27(46)20(41)6-13/h1-8,23-24,29,36-47H,9-10H2,(H,52,53)/t23-,24+,29?,35?. The fourth-order valence-corrected chi connectivity index (χ4v) is 5.60. The number of carboxylic acids is 1. The quantitative estimate of drug-likeness (QED) is 0.0649. The number of carboxylic acid groups (broad SMARTS) is 1. The van der Waals surface area contributed by atoms with Crippen molar-refractivity contribution in [3.63, 3.8) is 0 Å². The number of benzene rings is 4. The van der Waals surface area contributed by atoms with Crippen LogP contribution in [0.3, 0.4) is 0 Å². The molecular weight excluding hydrogens is 772 g/mol. The van der Waals surface area contributed by atoms with Crippen molar-refractivity contribution in [1.82, 2.24) is 0 Å². The summed E-state index contributed by atoms with van der Waals surface area (Å²) in [5.41, 5.74) is -5.96. The van der Waals surface area contributed by atoms with Crippen molar-refractivity contribution in [2.24, 2.45) is 0 Å². The number of phenolic OH excluding ortho intramolecular Hbond substituents is 12. The van der Waals surface area contributed by atoms with Crippen molar-refractivity contribution in [2.75, 3.05) is 0 Å². The third-order valence-electron chi connectivity index (χ3n) is 8.45. The number of aromatic hydroxyl groups is 12. The van der Waals surface area contributed by atoms with Gasteiger partial charge in [-0.25, -0.2) is 24.0 Å². The van der Waals surface area contributed by atoms with Crippen LogP contribution in [-0.2, 0) is 23.7 Å². The van der Waals surface area contributed by atoms with Gasteiger partial charge in [0.1, 0.15) is 12.2 Å². The molecule has 22 heteroatoms. The highest BCUT2D eigenvalue weighted by molar-refractivity contribution is 5.95. The maximum atomic E-state index is 13.5. The van der Waals surface area contributed by atoms with E-state index in [0.717, 1.165) is 0 Å². The van der Waals surface area contributed by atoms with E-state index in [1.54, 1.807) is 0 Å². The molecule has 5 rings (SSSR count). The molecule has 4 atom stereocenters. The third kappa shape index (κ3) is 7.89. The van der Waals surface area contributed by atoms with E-state index in [4.69, 9.17) is 18.9 Å². The van der Waals surface area contributed by atoms with E-state index in [2.05, 4.69) is 0 Å². The molecule has 1 aliphatic rings. The zero-order valence-corrected chi connectivity index (χ0v) is 28.3. The van der Waals surface area contributed by atoms with Crippen LogP contribution >= 0.6 is 0 Å². The number of rotatable bonds is 9. The van der Waals surface area contributed by atoms with Crippen LogP contribution < -0.4 is 0 Å². The van der Waals surface area contributed by atoms with Crippen LogP contribution in [0.15, 0.2) is 48.5 Å². The molecule has 22 nitrogen and oxygen atoms in total. The number of hydrogen-bond donors (Lipinski definition) is 13. The van der Waals surface area contributed by atoms with Crippen LogP contribution in [0.25, 0.3) is 0 Å². The molecule has 13 N–H and O–H groups in total. The molecule has 0 amide bonds. The summed E-state index contributed by atoms with van der Waals surface area (Å²) in [6.45, 7) is 0. The zero-order chi connectivity index (χ0) is 42.3. The Morgan fingerprint density at radius 2 is 0.667 bits per heavy atom. The topological polar surface area (TPSA) is 385 Å². The number of carbonyl (C=O) groups excluding carboxylic acids is 4. The number of carbonyl (C=O) groups is 5. The lowest BCUT2D eigenvalue weighted by Gasteiger charge is -2.44. The second kappa shape index (κ2) is 14.9. The Morgan fingerprint density at radius 3 is 0.930 bits per heavy atom. The van der Waals surface area contributed by atoms with Crippen LogP contribution in [0.5, 0.6) is 69.0 Å². The first-order chi connectivity index (χ1) is 26.6. The summed E-state index contributed by atoms with van der Waals surface area (Å²) in [7, 11) is 0. The highest BCUT2D eigenvalue weighted by atomic mass is 16.6. The van der Waals surface area contributed by atoms with Gasteiger partial charge in [-0.2, -0.15) is 0 Å². The van der Waals surface area contributed by atoms with Gasteiger partial charge in [-0.3, -0.25) is 0 Å². The van der Waals surface area contributed by atoms with Gasteiger partial charge in [0, 0.05) is 12.8 Å². The van der Waals surface area contributed by atoms with Gasteiger partial charge < -0.3 is 85.3 Å². The van der Waals surface area contributed by atoms with Gasteiger partial charge in [0.15, 0.2) is 75.1 Å². The fourth-order valence-electron chi connectivity index (χ4n) is 5.60. The predicted molar refractivity (Wildman–Crippen MR) is 178 cm³/mol. The Kier molecular flexibility index (Phi) is 10.5. The van der Waals surface area contributed by atoms with Crippen molar-refractivity contribution in [1.29, 1.82) is 0 Å². The van der Waals surface area contributed by atoms with Crippen LogP contribution in [0.4, 0.5) is 0 Å². The molecule has 4 aromatic rings. The normalized spacial score (nSPS) is 18.8. The molecule has 1 fully saturated rings. The van der Waals surface area contributed by atoms with E-state index < -0.39 is 158 Å². The first-order valence-corrected chi connectivity index (χ1v) is 15.7. The molecule has 0 saturated heterocycles. The first-order valence-electron chi connectivity index (χ1n) is 15.7. The summed E-state index contributed by atoms with van der Waals surface area (Å²) in [6.07, 6.45) is -9.11. The molecule has 2 unspecified atom stereocenters. The molecule has 0 aromatic heterocycles. The Labute approximate surface area is 315 Å². The largest absolute Gasteiger partial charge is 0.504 e. The second-order valence-electron chi connectivity index (χ2n) is 12.3. The zero-order valence-electron chi connectivity index (χ0n) is 28.3. The smallest absolute Gasteiger partial charge is 0.348 e. The van der Waals surface area contributed by atoms with Crippen LogP contribution in [-0.4, -0.2) is 120 Å². The molecule has 1 aliphatic carbocycles. The van der Waals surface area contributed by atoms with Gasteiger partial charge in [0.25, 0.3) is 0 Å². The lowest BCUT2D eigenvalue weighted by Crippen LogP contribution is -2.60. The van der Waals surface area contributed by atoms with Crippen molar-refractivity contribution < 1.29 is 109 Å². The van der Waals surface area contributed by atoms with Gasteiger partial charge in [-0.15, -0.1) is 0 Å². The highest BCUT2D eigenvalue weighted by Crippen LogP contribution is 2.43. The van der Waals surface area contributed by atoms with Crippen LogP contribution in [0.1, 0.15) is 54.3 Å². The lowest BCUT2D eigenvalue weighted by atomic mass is 9.78. The van der Waals surface area contributed by atoms with Crippen molar-refractivity contribution in [2.45, 2.75) is 36.8 Å². The minimum absolute atomic E-state index is 0.561. The van der Waals surface area contributed by atoms with E-state index >= 15 is 0 Å². The third-order valence-corrected chi connectivity index (χ3v) is 8.45. The fraction of sp³-hybridized carbons (Fsp3) is 0.171. The molecule has 57 heavy (non-hydrogen) atoms. The molecule has 0 bridgehead atoms. The number of aliphatic carboxylic acids is 1. The predicted octanol–water partition coefficient (Wildman–Crippen LogP) is 1.60. The molecule has 0 spiro atoms. The van der Waals surface area contributed by atoms with Crippen LogP contribution in [0, 0.1) is 0 Å². The monoisotopic (exact) mass is 800 g/mol. The van der Waals surface area contributed by atoms with Crippen molar-refractivity contribution in [3.05, 3.63) is 70.8 Å². The van der Waals surface area contributed by atoms with Crippen molar-refractivity contribution in [3.8, 4) is 69.0 Å². The number of esters is 4. The first kappa shape index (κ1) is 40.0. The van der Waals surface area contributed by atoms with E-state index in [-0.39, 0.29) is 0 Å². The molecular formula is C35H28O22.